The Balaban J connectivity index is 2.60. The molecule has 0 bridgehead atoms. The molecular weight excluding hydrogens is 206 g/mol. The molecule has 2 N–H and O–H groups in total. The van der Waals surface area contributed by atoms with Gasteiger partial charge in [-0.2, -0.15) is 0 Å². The Morgan fingerprint density at radius 1 is 1.20 bits per heavy atom. The number of ether oxygens (including phenoxy) is 1. The van der Waals surface area contributed by atoms with Crippen molar-refractivity contribution in [3.05, 3.63) is 34.5 Å². The third kappa shape index (κ3) is 1.83. The van der Waals surface area contributed by atoms with Gasteiger partial charge >= 0.3 is 0 Å². The van der Waals surface area contributed by atoms with Crippen molar-refractivity contribution in [3.63, 3.8) is 0 Å². The predicted molar refractivity (Wildman–Crippen MR) is 65.5 cm³/mol. The van der Waals surface area contributed by atoms with Gasteiger partial charge in [-0.25, -0.2) is 0 Å². The molecule has 0 aliphatic rings. The van der Waals surface area contributed by atoms with Crippen molar-refractivity contribution in [2.75, 3.05) is 12.8 Å². The maximum Gasteiger partial charge on any atom is 0.126 e. The molecule has 0 amide bonds. The summed E-state index contributed by atoms with van der Waals surface area (Å²) in [6.07, 6.45) is 0. The first-order chi connectivity index (χ1) is 7.22. The molecule has 0 spiro atoms. The lowest BCUT2D eigenvalue weighted by Gasteiger charge is -2.08. The van der Waals surface area contributed by atoms with E-state index < -0.39 is 0 Å². The predicted octanol–water partition coefficient (Wildman–Crippen LogP) is 3.31. The molecular formula is C12H13NOS. The number of rotatable bonds is 2. The molecule has 78 valence electrons. The highest BCUT2D eigenvalue weighted by atomic mass is 32.1. The normalized spacial score (nSPS) is 10.3. The highest BCUT2D eigenvalue weighted by molar-refractivity contribution is 7.08. The first kappa shape index (κ1) is 10.1. The Kier molecular flexibility index (Phi) is 2.64. The summed E-state index contributed by atoms with van der Waals surface area (Å²) in [5.74, 6) is 0.866. The molecule has 0 aliphatic carbocycles. The van der Waals surface area contributed by atoms with Gasteiger partial charge < -0.3 is 10.5 Å². The second-order valence-electron chi connectivity index (χ2n) is 3.44. The van der Waals surface area contributed by atoms with Crippen molar-refractivity contribution >= 4 is 17.0 Å². The van der Waals surface area contributed by atoms with Gasteiger partial charge in [0.15, 0.2) is 0 Å². The van der Waals surface area contributed by atoms with E-state index in [9.17, 15) is 0 Å². The molecule has 1 aromatic heterocycles. The van der Waals surface area contributed by atoms with Crippen LogP contribution in [0, 0.1) is 6.92 Å². The fraction of sp³-hybridized carbons (Fsp3) is 0.167. The van der Waals surface area contributed by atoms with Crippen LogP contribution in [0.3, 0.4) is 0 Å². The molecule has 2 nitrogen and oxygen atoms in total. The molecule has 2 rings (SSSR count). The number of methoxy groups -OCH3 is 1. The van der Waals surface area contributed by atoms with E-state index in [4.69, 9.17) is 10.5 Å². The Labute approximate surface area is 93.3 Å². The van der Waals surface area contributed by atoms with Crippen molar-refractivity contribution in [3.8, 4) is 16.9 Å². The molecule has 1 heterocycles. The van der Waals surface area contributed by atoms with Gasteiger partial charge in [-0.05, 0) is 19.1 Å². The van der Waals surface area contributed by atoms with Crippen LogP contribution in [0.5, 0.6) is 5.75 Å². The van der Waals surface area contributed by atoms with Crippen LogP contribution in [-0.4, -0.2) is 7.11 Å². The Morgan fingerprint density at radius 3 is 2.60 bits per heavy atom. The van der Waals surface area contributed by atoms with E-state index in [0.717, 1.165) is 22.6 Å². The summed E-state index contributed by atoms with van der Waals surface area (Å²) >= 11 is 1.61. The number of nitrogen functional groups attached to an aromatic ring is 1. The first-order valence-corrected chi connectivity index (χ1v) is 5.63. The quantitative estimate of drug-likeness (QED) is 0.841. The maximum atomic E-state index is 5.90. The van der Waals surface area contributed by atoms with Crippen LogP contribution in [0.4, 0.5) is 5.69 Å². The summed E-state index contributed by atoms with van der Waals surface area (Å²) in [5.41, 5.74) is 10.0. The lowest BCUT2D eigenvalue weighted by molar-refractivity contribution is 0.416. The number of anilines is 1. The highest BCUT2D eigenvalue weighted by Gasteiger charge is 2.09. The standard InChI is InChI=1S/C12H13NOS/c1-8-3-4-12(14-2)9(5-8)10-6-15-7-11(10)13/h3-7H,13H2,1-2H3. The monoisotopic (exact) mass is 219 g/mol. The van der Waals surface area contributed by atoms with Crippen LogP contribution in [-0.2, 0) is 0 Å². The molecule has 0 radical (unpaired) electrons. The minimum absolute atomic E-state index is 0.809. The van der Waals surface area contributed by atoms with E-state index in [1.54, 1.807) is 18.4 Å². The van der Waals surface area contributed by atoms with Crippen LogP contribution in [0.15, 0.2) is 29.0 Å². The first-order valence-electron chi connectivity index (χ1n) is 4.69. The summed E-state index contributed by atoms with van der Waals surface area (Å²) in [5, 5.41) is 3.99. The van der Waals surface area contributed by atoms with Crippen LogP contribution in [0.25, 0.3) is 11.1 Å². The van der Waals surface area contributed by atoms with Crippen LogP contribution in [0.2, 0.25) is 0 Å². The second-order valence-corrected chi connectivity index (χ2v) is 4.19. The third-order valence-electron chi connectivity index (χ3n) is 2.34. The van der Waals surface area contributed by atoms with Crippen molar-refractivity contribution in [1.29, 1.82) is 0 Å². The number of hydrogen-bond donors (Lipinski definition) is 1. The molecule has 15 heavy (non-hydrogen) atoms. The molecule has 0 fully saturated rings. The van der Waals surface area contributed by atoms with Crippen molar-refractivity contribution in [2.45, 2.75) is 6.92 Å². The van der Waals surface area contributed by atoms with Gasteiger partial charge in [0.05, 0.1) is 12.8 Å². The van der Waals surface area contributed by atoms with Gasteiger partial charge in [-0.3, -0.25) is 0 Å². The van der Waals surface area contributed by atoms with E-state index in [0.29, 0.717) is 0 Å². The average molecular weight is 219 g/mol. The number of benzene rings is 1. The fourth-order valence-electron chi connectivity index (χ4n) is 1.56. The van der Waals surface area contributed by atoms with E-state index in [1.807, 2.05) is 22.9 Å². The highest BCUT2D eigenvalue weighted by Crippen LogP contribution is 2.36. The minimum atomic E-state index is 0.809. The second kappa shape index (κ2) is 3.95. The molecule has 2 aromatic rings. The molecule has 0 aliphatic heterocycles. The van der Waals surface area contributed by atoms with Crippen LogP contribution in [0.1, 0.15) is 5.56 Å². The summed E-state index contributed by atoms with van der Waals surface area (Å²) in [6, 6.07) is 6.10. The summed E-state index contributed by atoms with van der Waals surface area (Å²) in [4.78, 5) is 0. The zero-order valence-electron chi connectivity index (χ0n) is 8.78. The Hall–Kier alpha value is -1.48. The number of nitrogens with two attached hydrogens (primary N) is 1. The van der Waals surface area contributed by atoms with E-state index in [2.05, 4.69) is 13.0 Å². The zero-order valence-corrected chi connectivity index (χ0v) is 9.60. The summed E-state index contributed by atoms with van der Waals surface area (Å²) < 4.78 is 5.33. The lowest BCUT2D eigenvalue weighted by Crippen LogP contribution is -1.90. The van der Waals surface area contributed by atoms with Gasteiger partial charge in [-0.15, -0.1) is 11.3 Å². The molecule has 0 saturated heterocycles. The van der Waals surface area contributed by atoms with Gasteiger partial charge in [0.1, 0.15) is 5.75 Å². The Morgan fingerprint density at radius 2 is 2.00 bits per heavy atom. The molecule has 0 atom stereocenters. The average Bonchev–Trinajstić information content (AvgIpc) is 2.64. The van der Waals surface area contributed by atoms with E-state index in [1.165, 1.54) is 5.56 Å². The SMILES string of the molecule is COc1ccc(C)cc1-c1cscc1N. The smallest absolute Gasteiger partial charge is 0.126 e. The van der Waals surface area contributed by atoms with Gasteiger partial charge in [0, 0.05) is 21.9 Å². The number of thiophene rings is 1. The maximum absolute atomic E-state index is 5.90. The lowest BCUT2D eigenvalue weighted by atomic mass is 10.0. The summed E-state index contributed by atoms with van der Waals surface area (Å²) in [7, 11) is 1.68. The number of hydrogen-bond acceptors (Lipinski definition) is 3. The van der Waals surface area contributed by atoms with Crippen molar-refractivity contribution in [2.24, 2.45) is 0 Å². The number of aryl methyl sites for hydroxylation is 1. The van der Waals surface area contributed by atoms with Crippen LogP contribution >= 0.6 is 11.3 Å². The molecule has 0 saturated carbocycles. The third-order valence-corrected chi connectivity index (χ3v) is 3.10. The van der Waals surface area contributed by atoms with Gasteiger partial charge in [0.25, 0.3) is 0 Å². The van der Waals surface area contributed by atoms with E-state index in [-0.39, 0.29) is 0 Å². The van der Waals surface area contributed by atoms with Crippen molar-refractivity contribution < 1.29 is 4.74 Å². The molecule has 1 aromatic carbocycles. The Bertz CT molecular complexity index is 476. The van der Waals surface area contributed by atoms with Gasteiger partial charge in [-0.1, -0.05) is 11.6 Å². The molecule has 3 heteroatoms. The fourth-order valence-corrected chi connectivity index (χ4v) is 2.30. The molecule has 0 unspecified atom stereocenters. The summed E-state index contributed by atoms with van der Waals surface area (Å²) in [6.45, 7) is 2.06. The topological polar surface area (TPSA) is 35.2 Å². The van der Waals surface area contributed by atoms with Crippen LogP contribution < -0.4 is 10.5 Å². The minimum Gasteiger partial charge on any atom is -0.496 e. The largest absolute Gasteiger partial charge is 0.496 e. The van der Waals surface area contributed by atoms with Crippen molar-refractivity contribution in [1.82, 2.24) is 0 Å². The van der Waals surface area contributed by atoms with Gasteiger partial charge in [0.2, 0.25) is 0 Å². The zero-order chi connectivity index (χ0) is 10.8. The van der Waals surface area contributed by atoms with E-state index >= 15 is 0 Å².